The standard InChI is InChI=1S/C10H15ClN2O2S/c1-7(2)13(3)16(14,15)8-4-5-10(12)9(11)6-8/h4-7H,12H2,1-3H3. The summed E-state index contributed by atoms with van der Waals surface area (Å²) in [6, 6.07) is 4.20. The molecule has 0 radical (unpaired) electrons. The average Bonchev–Trinajstić information content (AvgIpc) is 2.20. The molecule has 0 aliphatic rings. The van der Waals surface area contributed by atoms with E-state index in [0.29, 0.717) is 5.69 Å². The molecule has 16 heavy (non-hydrogen) atoms. The Morgan fingerprint density at radius 1 is 1.38 bits per heavy atom. The zero-order valence-electron chi connectivity index (χ0n) is 9.44. The van der Waals surface area contributed by atoms with Gasteiger partial charge in [0.25, 0.3) is 0 Å². The van der Waals surface area contributed by atoms with Crippen LogP contribution < -0.4 is 5.73 Å². The van der Waals surface area contributed by atoms with Crippen molar-refractivity contribution in [3.05, 3.63) is 23.2 Å². The normalized spacial score (nSPS) is 12.4. The van der Waals surface area contributed by atoms with Crippen LogP contribution in [0.15, 0.2) is 23.1 Å². The molecule has 0 spiro atoms. The number of halogens is 1. The second-order valence-electron chi connectivity index (χ2n) is 3.80. The molecule has 0 aliphatic carbocycles. The van der Waals surface area contributed by atoms with Gasteiger partial charge in [0.1, 0.15) is 0 Å². The molecule has 0 saturated heterocycles. The maximum atomic E-state index is 12.1. The van der Waals surface area contributed by atoms with Gasteiger partial charge in [-0.2, -0.15) is 4.31 Å². The molecular weight excluding hydrogens is 248 g/mol. The van der Waals surface area contributed by atoms with E-state index in [1.165, 1.54) is 29.6 Å². The Labute approximate surface area is 101 Å². The van der Waals surface area contributed by atoms with Crippen molar-refractivity contribution in [1.82, 2.24) is 4.31 Å². The lowest BCUT2D eigenvalue weighted by molar-refractivity contribution is 0.410. The summed E-state index contributed by atoms with van der Waals surface area (Å²) in [7, 11) is -1.95. The van der Waals surface area contributed by atoms with Gasteiger partial charge in [0.15, 0.2) is 0 Å². The predicted molar refractivity (Wildman–Crippen MR) is 65.9 cm³/mol. The van der Waals surface area contributed by atoms with Crippen molar-refractivity contribution in [3.8, 4) is 0 Å². The maximum absolute atomic E-state index is 12.1. The Balaban J connectivity index is 3.23. The van der Waals surface area contributed by atoms with E-state index in [1.807, 2.05) is 0 Å². The van der Waals surface area contributed by atoms with E-state index in [2.05, 4.69) is 0 Å². The largest absolute Gasteiger partial charge is 0.398 e. The average molecular weight is 263 g/mol. The number of nitrogens with zero attached hydrogens (tertiary/aromatic N) is 1. The molecule has 0 saturated carbocycles. The fourth-order valence-corrected chi connectivity index (χ4v) is 2.75. The van der Waals surface area contributed by atoms with Crippen LogP contribution in [0.5, 0.6) is 0 Å². The molecule has 6 heteroatoms. The highest BCUT2D eigenvalue weighted by atomic mass is 35.5. The van der Waals surface area contributed by atoms with Gasteiger partial charge in [-0.05, 0) is 32.0 Å². The summed E-state index contributed by atoms with van der Waals surface area (Å²) >= 11 is 5.80. The highest BCUT2D eigenvalue weighted by Gasteiger charge is 2.23. The molecule has 0 aliphatic heterocycles. The molecule has 0 amide bonds. The van der Waals surface area contributed by atoms with Crippen molar-refractivity contribution >= 4 is 27.3 Å². The molecular formula is C10H15ClN2O2S. The second kappa shape index (κ2) is 4.61. The lowest BCUT2D eigenvalue weighted by Gasteiger charge is -2.21. The Morgan fingerprint density at radius 3 is 2.38 bits per heavy atom. The minimum absolute atomic E-state index is 0.110. The highest BCUT2D eigenvalue weighted by molar-refractivity contribution is 7.89. The van der Waals surface area contributed by atoms with Gasteiger partial charge in [0.05, 0.1) is 15.6 Å². The molecule has 4 nitrogen and oxygen atoms in total. The minimum Gasteiger partial charge on any atom is -0.398 e. The summed E-state index contributed by atoms with van der Waals surface area (Å²) in [5.74, 6) is 0. The number of hydrogen-bond donors (Lipinski definition) is 1. The molecule has 1 rings (SSSR count). The molecule has 0 fully saturated rings. The van der Waals surface area contributed by atoms with Crippen LogP contribution in [0.2, 0.25) is 5.02 Å². The molecule has 0 unspecified atom stereocenters. The van der Waals surface area contributed by atoms with Crippen molar-refractivity contribution in [1.29, 1.82) is 0 Å². The lowest BCUT2D eigenvalue weighted by atomic mass is 10.3. The quantitative estimate of drug-likeness (QED) is 0.847. The lowest BCUT2D eigenvalue weighted by Crippen LogP contribution is -2.33. The van der Waals surface area contributed by atoms with Crippen LogP contribution in [-0.2, 0) is 10.0 Å². The maximum Gasteiger partial charge on any atom is 0.243 e. The fraction of sp³-hybridized carbons (Fsp3) is 0.400. The van der Waals surface area contributed by atoms with Crippen LogP contribution in [0, 0.1) is 0 Å². The minimum atomic E-state index is -3.48. The Hall–Kier alpha value is -0.780. The number of hydrogen-bond acceptors (Lipinski definition) is 3. The number of nitrogen functional groups attached to an aromatic ring is 1. The first-order valence-corrected chi connectivity index (χ1v) is 6.61. The van der Waals surface area contributed by atoms with Crippen molar-refractivity contribution in [2.24, 2.45) is 0 Å². The zero-order valence-corrected chi connectivity index (χ0v) is 11.0. The van der Waals surface area contributed by atoms with Gasteiger partial charge in [0, 0.05) is 13.1 Å². The smallest absolute Gasteiger partial charge is 0.243 e. The third-order valence-electron chi connectivity index (χ3n) is 2.38. The number of rotatable bonds is 3. The van der Waals surface area contributed by atoms with E-state index in [1.54, 1.807) is 13.8 Å². The molecule has 0 bridgehead atoms. The summed E-state index contributed by atoms with van der Waals surface area (Å²) in [4.78, 5) is 0.155. The van der Waals surface area contributed by atoms with Crippen LogP contribution in [0.4, 0.5) is 5.69 Å². The van der Waals surface area contributed by atoms with E-state index in [4.69, 9.17) is 17.3 Å². The molecule has 2 N–H and O–H groups in total. The van der Waals surface area contributed by atoms with E-state index in [-0.39, 0.29) is 16.0 Å². The highest BCUT2D eigenvalue weighted by Crippen LogP contribution is 2.24. The summed E-state index contributed by atoms with van der Waals surface area (Å²) in [6.07, 6.45) is 0. The first-order chi connectivity index (χ1) is 7.26. The third-order valence-corrected chi connectivity index (χ3v) is 4.73. The summed E-state index contributed by atoms with van der Waals surface area (Å²) in [5.41, 5.74) is 5.90. The second-order valence-corrected chi connectivity index (χ2v) is 6.20. The number of anilines is 1. The predicted octanol–water partition coefficient (Wildman–Crippen LogP) is 1.95. The van der Waals surface area contributed by atoms with Gasteiger partial charge < -0.3 is 5.73 Å². The zero-order chi connectivity index (χ0) is 12.5. The summed E-state index contributed by atoms with van der Waals surface area (Å²) in [5, 5.41) is 0.248. The van der Waals surface area contributed by atoms with Crippen LogP contribution in [0.25, 0.3) is 0 Å². The van der Waals surface area contributed by atoms with Crippen molar-refractivity contribution in [3.63, 3.8) is 0 Å². The monoisotopic (exact) mass is 262 g/mol. The Kier molecular flexibility index (Phi) is 3.83. The molecule has 90 valence electrons. The van der Waals surface area contributed by atoms with Gasteiger partial charge >= 0.3 is 0 Å². The van der Waals surface area contributed by atoms with Gasteiger partial charge in [-0.3, -0.25) is 0 Å². The summed E-state index contributed by atoms with van der Waals surface area (Å²) in [6.45, 7) is 3.60. The van der Waals surface area contributed by atoms with Crippen LogP contribution >= 0.6 is 11.6 Å². The van der Waals surface area contributed by atoms with Crippen molar-refractivity contribution < 1.29 is 8.42 Å². The third kappa shape index (κ3) is 2.48. The van der Waals surface area contributed by atoms with Gasteiger partial charge in [-0.1, -0.05) is 11.6 Å². The van der Waals surface area contributed by atoms with Crippen molar-refractivity contribution in [2.75, 3.05) is 12.8 Å². The topological polar surface area (TPSA) is 63.4 Å². The fourth-order valence-electron chi connectivity index (χ4n) is 1.11. The molecule has 1 aromatic rings. The first-order valence-electron chi connectivity index (χ1n) is 4.80. The van der Waals surface area contributed by atoms with E-state index in [9.17, 15) is 8.42 Å². The Morgan fingerprint density at radius 2 is 1.94 bits per heavy atom. The number of benzene rings is 1. The summed E-state index contributed by atoms with van der Waals surface area (Å²) < 4.78 is 25.4. The van der Waals surface area contributed by atoms with E-state index >= 15 is 0 Å². The van der Waals surface area contributed by atoms with Gasteiger partial charge in [-0.15, -0.1) is 0 Å². The molecule has 0 atom stereocenters. The molecule has 1 aromatic carbocycles. The van der Waals surface area contributed by atoms with Gasteiger partial charge in [-0.25, -0.2) is 8.42 Å². The molecule has 0 heterocycles. The SMILES string of the molecule is CC(C)N(C)S(=O)(=O)c1ccc(N)c(Cl)c1. The molecule has 0 aromatic heterocycles. The first kappa shape index (κ1) is 13.3. The van der Waals surface area contributed by atoms with Crippen molar-refractivity contribution in [2.45, 2.75) is 24.8 Å². The van der Waals surface area contributed by atoms with Crippen LogP contribution in [0.1, 0.15) is 13.8 Å². The van der Waals surface area contributed by atoms with Crippen LogP contribution in [-0.4, -0.2) is 25.8 Å². The number of sulfonamides is 1. The van der Waals surface area contributed by atoms with E-state index < -0.39 is 10.0 Å². The van der Waals surface area contributed by atoms with Gasteiger partial charge in [0.2, 0.25) is 10.0 Å². The van der Waals surface area contributed by atoms with Crippen LogP contribution in [0.3, 0.4) is 0 Å². The Bertz CT molecular complexity index is 486. The van der Waals surface area contributed by atoms with E-state index in [0.717, 1.165) is 0 Å². The number of nitrogens with two attached hydrogens (primary N) is 1.